The number of Topliss-reactive ketones (excluding diaryl/α,β-unsaturated/α-hetero) is 1. The van der Waals surface area contributed by atoms with Gasteiger partial charge < -0.3 is 9.84 Å². The number of aryl methyl sites for hydroxylation is 2. The minimum absolute atomic E-state index is 0.0450. The summed E-state index contributed by atoms with van der Waals surface area (Å²) in [5.41, 5.74) is 5.26. The van der Waals surface area contributed by atoms with Crippen molar-refractivity contribution in [3.63, 3.8) is 0 Å². The predicted molar refractivity (Wildman–Crippen MR) is 152 cm³/mol. The molecule has 2 heterocycles. The molecule has 1 N–H and O–H groups in total. The summed E-state index contributed by atoms with van der Waals surface area (Å²) >= 11 is 1.37. The lowest BCUT2D eigenvalue weighted by molar-refractivity contribution is -0.132. The zero-order valence-electron chi connectivity index (χ0n) is 22.1. The smallest absolute Gasteiger partial charge is 0.301 e. The number of carbonyl (C=O) groups excluding carboxylic acids is 2. The molecule has 0 aliphatic carbocycles. The number of rotatable bonds is 6. The van der Waals surface area contributed by atoms with Crippen molar-refractivity contribution in [1.29, 1.82) is 0 Å². The van der Waals surface area contributed by atoms with Crippen LogP contribution in [-0.4, -0.2) is 28.4 Å². The maximum Gasteiger partial charge on any atom is 0.301 e. The summed E-state index contributed by atoms with van der Waals surface area (Å²) in [4.78, 5) is 33.3. The number of nitrogens with zero attached hydrogens (tertiary/aromatic N) is 2. The first-order chi connectivity index (χ1) is 18.2. The summed E-state index contributed by atoms with van der Waals surface area (Å²) < 4.78 is 6.46. The van der Waals surface area contributed by atoms with Crippen LogP contribution in [0.1, 0.15) is 60.5 Å². The van der Waals surface area contributed by atoms with Crippen LogP contribution in [0.3, 0.4) is 0 Å². The largest absolute Gasteiger partial charge is 0.507 e. The van der Waals surface area contributed by atoms with Crippen LogP contribution in [0, 0.1) is 13.8 Å². The fraction of sp³-hybridized carbons (Fsp3) is 0.258. The molecule has 0 radical (unpaired) electrons. The van der Waals surface area contributed by atoms with Crippen molar-refractivity contribution in [1.82, 2.24) is 4.98 Å². The number of fused-ring (bicyclic) bond motifs is 1. The molecule has 1 amide bonds. The molecule has 0 bridgehead atoms. The topological polar surface area (TPSA) is 79.7 Å². The Morgan fingerprint density at radius 3 is 2.37 bits per heavy atom. The van der Waals surface area contributed by atoms with Crippen LogP contribution in [0.25, 0.3) is 16.0 Å². The van der Waals surface area contributed by atoms with Crippen molar-refractivity contribution in [3.8, 4) is 5.75 Å². The first-order valence-electron chi connectivity index (χ1n) is 12.7. The quantitative estimate of drug-likeness (QED) is 0.165. The number of amides is 1. The number of carbonyl (C=O) groups is 2. The fourth-order valence-electron chi connectivity index (χ4n) is 4.90. The standard InChI is InChI=1S/C31H30N2O4S/c1-6-37-23-13-11-22(12-14-23)28(34)25-27(21-9-7-20(8-10-21)17(2)3)33(30(36)29(25)35)31-32-26-19(5)15-18(4)16-24(26)38-31/h7-17,27,34H,6H2,1-5H3. The fourth-order valence-corrected chi connectivity index (χ4v) is 6.07. The number of aliphatic hydroxyl groups excluding tert-OH is 1. The molecule has 7 heteroatoms. The Labute approximate surface area is 226 Å². The van der Waals surface area contributed by atoms with E-state index in [-0.39, 0.29) is 11.3 Å². The monoisotopic (exact) mass is 526 g/mol. The van der Waals surface area contributed by atoms with E-state index >= 15 is 0 Å². The molecular weight excluding hydrogens is 496 g/mol. The van der Waals surface area contributed by atoms with E-state index in [0.717, 1.165) is 32.5 Å². The highest BCUT2D eigenvalue weighted by atomic mass is 32.1. The van der Waals surface area contributed by atoms with Gasteiger partial charge in [0.15, 0.2) is 5.13 Å². The number of hydrogen-bond donors (Lipinski definition) is 1. The molecule has 38 heavy (non-hydrogen) atoms. The lowest BCUT2D eigenvalue weighted by atomic mass is 9.93. The van der Waals surface area contributed by atoms with Gasteiger partial charge in [-0.25, -0.2) is 4.98 Å². The van der Waals surface area contributed by atoms with E-state index in [4.69, 9.17) is 9.72 Å². The molecule has 0 spiro atoms. The minimum atomic E-state index is -0.815. The molecule has 1 aliphatic heterocycles. The summed E-state index contributed by atoms with van der Waals surface area (Å²) in [6.45, 7) is 10.6. The third-order valence-electron chi connectivity index (χ3n) is 6.83. The molecule has 0 saturated carbocycles. The van der Waals surface area contributed by atoms with Gasteiger partial charge in [-0.2, -0.15) is 0 Å². The van der Waals surface area contributed by atoms with Crippen molar-refractivity contribution in [2.45, 2.75) is 46.6 Å². The molecule has 6 nitrogen and oxygen atoms in total. The van der Waals surface area contributed by atoms with E-state index in [1.165, 1.54) is 16.2 Å². The van der Waals surface area contributed by atoms with Crippen molar-refractivity contribution >= 4 is 44.1 Å². The Morgan fingerprint density at radius 1 is 1.05 bits per heavy atom. The second-order valence-electron chi connectivity index (χ2n) is 9.87. The van der Waals surface area contributed by atoms with Gasteiger partial charge in [0.2, 0.25) is 0 Å². The molecule has 1 atom stereocenters. The summed E-state index contributed by atoms with van der Waals surface area (Å²) in [5.74, 6) is -0.675. The SMILES string of the molecule is CCOc1ccc(C(O)=C2C(=O)C(=O)N(c3nc4c(C)cc(C)cc4s3)C2c2ccc(C(C)C)cc2)cc1. The summed E-state index contributed by atoms with van der Waals surface area (Å²) in [6, 6.07) is 18.0. The van der Waals surface area contributed by atoms with Crippen molar-refractivity contribution in [2.75, 3.05) is 11.5 Å². The molecule has 3 aromatic carbocycles. The number of anilines is 1. The molecule has 194 valence electrons. The number of benzene rings is 3. The minimum Gasteiger partial charge on any atom is -0.507 e. The lowest BCUT2D eigenvalue weighted by Crippen LogP contribution is -2.29. The van der Waals surface area contributed by atoms with Crippen molar-refractivity contribution in [2.24, 2.45) is 0 Å². The average Bonchev–Trinajstić information content (AvgIpc) is 3.43. The average molecular weight is 527 g/mol. The van der Waals surface area contributed by atoms with E-state index < -0.39 is 17.7 Å². The van der Waals surface area contributed by atoms with Crippen LogP contribution in [-0.2, 0) is 9.59 Å². The van der Waals surface area contributed by atoms with Gasteiger partial charge in [0.25, 0.3) is 5.78 Å². The van der Waals surface area contributed by atoms with Crippen LogP contribution in [0.2, 0.25) is 0 Å². The zero-order chi connectivity index (χ0) is 27.1. The highest BCUT2D eigenvalue weighted by Crippen LogP contribution is 2.45. The number of hydrogen-bond acceptors (Lipinski definition) is 6. The Balaban J connectivity index is 1.69. The van der Waals surface area contributed by atoms with Crippen molar-refractivity contribution < 1.29 is 19.4 Å². The lowest BCUT2D eigenvalue weighted by Gasteiger charge is -2.23. The molecule has 1 aromatic heterocycles. The number of ether oxygens (including phenoxy) is 1. The first-order valence-corrected chi connectivity index (χ1v) is 13.5. The van der Waals surface area contributed by atoms with Gasteiger partial charge >= 0.3 is 5.91 Å². The van der Waals surface area contributed by atoms with E-state index in [1.807, 2.05) is 57.2 Å². The predicted octanol–water partition coefficient (Wildman–Crippen LogP) is 7.06. The van der Waals surface area contributed by atoms with Crippen LogP contribution >= 0.6 is 11.3 Å². The van der Waals surface area contributed by atoms with Gasteiger partial charge in [-0.1, -0.05) is 55.5 Å². The van der Waals surface area contributed by atoms with Crippen LogP contribution < -0.4 is 9.64 Å². The van der Waals surface area contributed by atoms with Crippen LogP contribution in [0.15, 0.2) is 66.2 Å². The second-order valence-corrected chi connectivity index (χ2v) is 10.9. The van der Waals surface area contributed by atoms with Gasteiger partial charge in [-0.15, -0.1) is 0 Å². The third-order valence-corrected chi connectivity index (χ3v) is 7.83. The third kappa shape index (κ3) is 4.47. The molecule has 1 aliphatic rings. The van der Waals surface area contributed by atoms with Gasteiger partial charge in [-0.3, -0.25) is 14.5 Å². The Morgan fingerprint density at radius 2 is 1.74 bits per heavy atom. The highest BCUT2D eigenvalue weighted by molar-refractivity contribution is 7.22. The van der Waals surface area contributed by atoms with E-state index in [2.05, 4.69) is 13.8 Å². The molecule has 1 unspecified atom stereocenters. The maximum atomic E-state index is 13.6. The van der Waals surface area contributed by atoms with Gasteiger partial charge in [-0.05, 0) is 79.3 Å². The Bertz CT molecular complexity index is 1570. The maximum absolute atomic E-state index is 13.6. The molecule has 5 rings (SSSR count). The first kappa shape index (κ1) is 25.7. The summed E-state index contributed by atoms with van der Waals surface area (Å²) in [5, 5.41) is 11.8. The normalized spacial score (nSPS) is 17.1. The number of aliphatic hydroxyl groups is 1. The van der Waals surface area contributed by atoms with E-state index in [1.54, 1.807) is 24.3 Å². The number of ketones is 1. The molecule has 1 fully saturated rings. The van der Waals surface area contributed by atoms with E-state index in [0.29, 0.717) is 29.0 Å². The van der Waals surface area contributed by atoms with Gasteiger partial charge in [0, 0.05) is 5.56 Å². The van der Waals surface area contributed by atoms with Crippen LogP contribution in [0.4, 0.5) is 5.13 Å². The van der Waals surface area contributed by atoms with Crippen molar-refractivity contribution in [3.05, 3.63) is 94.1 Å². The van der Waals surface area contributed by atoms with Gasteiger partial charge in [0.1, 0.15) is 11.5 Å². The number of thiazole rings is 1. The molecule has 1 saturated heterocycles. The van der Waals surface area contributed by atoms with E-state index in [9.17, 15) is 14.7 Å². The summed E-state index contributed by atoms with van der Waals surface area (Å²) in [6.07, 6.45) is 0. The Kier molecular flexibility index (Phi) is 6.80. The number of aromatic nitrogens is 1. The van der Waals surface area contributed by atoms with Gasteiger partial charge in [0.05, 0.1) is 28.4 Å². The summed E-state index contributed by atoms with van der Waals surface area (Å²) in [7, 11) is 0. The molecular formula is C31H30N2O4S. The van der Waals surface area contributed by atoms with Crippen LogP contribution in [0.5, 0.6) is 5.75 Å². The zero-order valence-corrected chi connectivity index (χ0v) is 22.9. The Hall–Kier alpha value is -3.97. The molecule has 4 aromatic rings. The highest BCUT2D eigenvalue weighted by Gasteiger charge is 2.48. The second kappa shape index (κ2) is 10.1.